The number of para-hydroxylation sites is 1. The van der Waals surface area contributed by atoms with Crippen molar-refractivity contribution in [2.24, 2.45) is 0 Å². The third-order valence-electron chi connectivity index (χ3n) is 7.64. The maximum Gasteiger partial charge on any atom is 0.251 e. The number of nitrogens with zero attached hydrogens (tertiary/aromatic N) is 2. The highest BCUT2D eigenvalue weighted by atomic mass is 16.2. The van der Waals surface area contributed by atoms with Crippen LogP contribution < -0.4 is 9.80 Å². The molecule has 2 aromatic rings. The maximum atomic E-state index is 13.2. The number of amides is 2. The van der Waals surface area contributed by atoms with Gasteiger partial charge in [-0.15, -0.1) is 0 Å². The lowest BCUT2D eigenvalue weighted by atomic mass is 9.64. The predicted octanol–water partition coefficient (Wildman–Crippen LogP) is 7.19. The topological polar surface area (TPSA) is 40.6 Å². The van der Waals surface area contributed by atoms with Crippen LogP contribution in [0, 0.1) is 0 Å². The van der Waals surface area contributed by atoms with Crippen molar-refractivity contribution in [1.82, 2.24) is 0 Å². The Labute approximate surface area is 216 Å². The fourth-order valence-corrected chi connectivity index (χ4v) is 6.39. The van der Waals surface area contributed by atoms with E-state index in [9.17, 15) is 9.59 Å². The summed E-state index contributed by atoms with van der Waals surface area (Å²) < 4.78 is 0. The Morgan fingerprint density at radius 2 is 1.44 bits per heavy atom. The van der Waals surface area contributed by atoms with E-state index in [0.29, 0.717) is 0 Å². The molecule has 2 aliphatic heterocycles. The number of carbonyl (C=O) groups excluding carboxylic acids is 2. The van der Waals surface area contributed by atoms with Gasteiger partial charge in [0.25, 0.3) is 11.8 Å². The van der Waals surface area contributed by atoms with Crippen molar-refractivity contribution in [2.75, 3.05) is 9.80 Å². The zero-order valence-corrected chi connectivity index (χ0v) is 22.8. The van der Waals surface area contributed by atoms with Crippen LogP contribution in [0.15, 0.2) is 72.8 Å². The average molecular weight is 483 g/mol. The van der Waals surface area contributed by atoms with Gasteiger partial charge in [0.05, 0.1) is 11.2 Å². The van der Waals surface area contributed by atoms with Gasteiger partial charge < -0.3 is 4.90 Å². The minimum absolute atomic E-state index is 0.00147. The van der Waals surface area contributed by atoms with Crippen molar-refractivity contribution >= 4 is 28.8 Å². The molecule has 0 saturated heterocycles. The Hall–Kier alpha value is -3.40. The lowest BCUT2D eigenvalue weighted by molar-refractivity contribution is -0.116. The molecule has 36 heavy (non-hydrogen) atoms. The van der Waals surface area contributed by atoms with Crippen LogP contribution in [-0.2, 0) is 15.0 Å². The number of hydrogen-bond donors (Lipinski definition) is 0. The van der Waals surface area contributed by atoms with Crippen molar-refractivity contribution in [3.8, 4) is 0 Å². The third kappa shape index (κ3) is 4.03. The molecular formula is C32H38N2O2. The van der Waals surface area contributed by atoms with Crippen molar-refractivity contribution < 1.29 is 9.59 Å². The fourth-order valence-electron chi connectivity index (χ4n) is 6.39. The molecule has 0 saturated carbocycles. The first-order chi connectivity index (χ1) is 16.9. The first-order valence-corrected chi connectivity index (χ1v) is 12.7. The van der Waals surface area contributed by atoms with E-state index in [1.807, 2.05) is 29.7 Å². The molecule has 0 radical (unpaired) electrons. The predicted molar refractivity (Wildman–Crippen MR) is 150 cm³/mol. The molecule has 4 heteroatoms. The van der Waals surface area contributed by atoms with Crippen LogP contribution in [0.3, 0.4) is 0 Å². The van der Waals surface area contributed by atoms with Gasteiger partial charge in [0.15, 0.2) is 0 Å². The van der Waals surface area contributed by atoms with Gasteiger partial charge in [0, 0.05) is 22.2 Å². The summed E-state index contributed by atoms with van der Waals surface area (Å²) in [5.74, 6) is -0.0182. The summed E-state index contributed by atoms with van der Waals surface area (Å²) in [6.45, 7) is 16.6. The second kappa shape index (κ2) is 8.92. The number of fused-ring (bicyclic) bond motifs is 2. The van der Waals surface area contributed by atoms with Crippen molar-refractivity contribution in [3.63, 3.8) is 0 Å². The van der Waals surface area contributed by atoms with Crippen LogP contribution in [0.2, 0.25) is 0 Å². The summed E-state index contributed by atoms with van der Waals surface area (Å²) in [6, 6.07) is 14.8. The molecule has 2 aliphatic rings. The molecule has 2 heterocycles. The molecular weight excluding hydrogens is 444 g/mol. The summed E-state index contributed by atoms with van der Waals surface area (Å²) in [5, 5.41) is 0. The SMILES string of the molecule is CC=CC(=O)N1c2ccc(C3(C)CC(C)(C)N(C(=O)C=CC)c4ccccc43)cc2C(C)=CC1(C)C. The molecule has 0 fully saturated rings. The molecule has 2 amide bonds. The molecule has 0 aliphatic carbocycles. The van der Waals surface area contributed by atoms with E-state index in [4.69, 9.17) is 0 Å². The first-order valence-electron chi connectivity index (χ1n) is 12.7. The zero-order chi connectivity index (χ0) is 26.5. The number of benzene rings is 2. The third-order valence-corrected chi connectivity index (χ3v) is 7.64. The Bertz CT molecular complexity index is 1310. The summed E-state index contributed by atoms with van der Waals surface area (Å²) >= 11 is 0. The molecule has 4 rings (SSSR count). The average Bonchev–Trinajstić information content (AvgIpc) is 2.78. The molecule has 188 valence electrons. The Morgan fingerprint density at radius 1 is 0.833 bits per heavy atom. The van der Waals surface area contributed by atoms with E-state index >= 15 is 0 Å². The van der Waals surface area contributed by atoms with Gasteiger partial charge >= 0.3 is 0 Å². The summed E-state index contributed by atoms with van der Waals surface area (Å²) in [6.07, 6.45) is 9.82. The second-order valence-corrected chi connectivity index (χ2v) is 11.4. The summed E-state index contributed by atoms with van der Waals surface area (Å²) in [5.41, 5.74) is 5.33. The van der Waals surface area contributed by atoms with Crippen LogP contribution in [0.25, 0.3) is 5.57 Å². The van der Waals surface area contributed by atoms with E-state index in [-0.39, 0.29) is 17.2 Å². The standard InChI is InChI=1S/C32H38N2O2/c1-9-13-28(35)33-26-18-17-23(19-24(26)22(3)20-30(33,4)5)32(8)21-31(6,7)34(29(36)14-10-2)27-16-12-11-15-25(27)32/h9-20H,21H2,1-8H3. The first kappa shape index (κ1) is 25.7. The fraction of sp³-hybridized carbons (Fsp3) is 0.375. The van der Waals surface area contributed by atoms with Crippen LogP contribution >= 0.6 is 0 Å². The highest BCUT2D eigenvalue weighted by Crippen LogP contribution is 2.52. The van der Waals surface area contributed by atoms with Crippen LogP contribution in [-0.4, -0.2) is 22.9 Å². The largest absolute Gasteiger partial charge is 0.303 e. The molecule has 0 N–H and O–H groups in total. The van der Waals surface area contributed by atoms with Crippen molar-refractivity contribution in [3.05, 3.63) is 89.5 Å². The lowest BCUT2D eigenvalue weighted by Gasteiger charge is -2.51. The van der Waals surface area contributed by atoms with Gasteiger partial charge in [0.2, 0.25) is 0 Å². The number of rotatable bonds is 3. The summed E-state index contributed by atoms with van der Waals surface area (Å²) in [7, 11) is 0. The molecule has 1 unspecified atom stereocenters. The minimum Gasteiger partial charge on any atom is -0.303 e. The van der Waals surface area contributed by atoms with Crippen LogP contribution in [0.5, 0.6) is 0 Å². The summed E-state index contributed by atoms with van der Waals surface area (Å²) in [4.78, 5) is 30.1. The minimum atomic E-state index is -0.424. The highest BCUT2D eigenvalue weighted by Gasteiger charge is 2.47. The molecule has 4 nitrogen and oxygen atoms in total. The van der Waals surface area contributed by atoms with E-state index in [1.54, 1.807) is 24.3 Å². The van der Waals surface area contributed by atoms with Crippen molar-refractivity contribution in [1.29, 1.82) is 0 Å². The lowest BCUT2D eigenvalue weighted by Crippen LogP contribution is -2.55. The Morgan fingerprint density at radius 3 is 2.08 bits per heavy atom. The molecule has 0 spiro atoms. The van der Waals surface area contributed by atoms with E-state index in [0.717, 1.165) is 28.9 Å². The van der Waals surface area contributed by atoms with Gasteiger partial charge in [-0.05, 0) is 102 Å². The van der Waals surface area contributed by atoms with Gasteiger partial charge in [0.1, 0.15) is 0 Å². The molecule has 1 atom stereocenters. The van der Waals surface area contributed by atoms with Crippen LogP contribution in [0.4, 0.5) is 11.4 Å². The zero-order valence-electron chi connectivity index (χ0n) is 22.8. The molecule has 0 aromatic heterocycles. The normalized spacial score (nSPS) is 22.4. The van der Waals surface area contributed by atoms with E-state index in [2.05, 4.69) is 84.0 Å². The van der Waals surface area contributed by atoms with Crippen LogP contribution in [0.1, 0.15) is 78.5 Å². The smallest absolute Gasteiger partial charge is 0.251 e. The number of anilines is 2. The van der Waals surface area contributed by atoms with Gasteiger partial charge in [-0.1, -0.05) is 49.4 Å². The highest BCUT2D eigenvalue weighted by molar-refractivity contribution is 6.06. The Kier molecular flexibility index (Phi) is 6.36. The van der Waals surface area contributed by atoms with Gasteiger partial charge in [-0.3, -0.25) is 14.5 Å². The van der Waals surface area contributed by atoms with E-state index in [1.165, 1.54) is 11.1 Å². The Balaban J connectivity index is 1.91. The maximum absolute atomic E-state index is 13.2. The van der Waals surface area contributed by atoms with E-state index < -0.39 is 11.1 Å². The van der Waals surface area contributed by atoms with Gasteiger partial charge in [-0.25, -0.2) is 0 Å². The molecule has 0 bridgehead atoms. The number of hydrogen-bond acceptors (Lipinski definition) is 2. The van der Waals surface area contributed by atoms with Crippen molar-refractivity contribution in [2.45, 2.75) is 78.3 Å². The quantitative estimate of drug-likeness (QED) is 0.435. The molecule has 2 aromatic carbocycles. The number of carbonyl (C=O) groups is 2. The van der Waals surface area contributed by atoms with Gasteiger partial charge in [-0.2, -0.15) is 0 Å². The number of allylic oxidation sites excluding steroid dienone is 3. The monoisotopic (exact) mass is 482 g/mol. The second-order valence-electron chi connectivity index (χ2n) is 11.4.